The number of ether oxygens (including phenoxy) is 1. The molecule has 2 rings (SSSR count). The summed E-state index contributed by atoms with van der Waals surface area (Å²) in [5.74, 6) is -0.570. The first-order valence-corrected chi connectivity index (χ1v) is 7.26. The van der Waals surface area contributed by atoms with Crippen LogP contribution in [0, 0.1) is 5.92 Å². The fourth-order valence-corrected chi connectivity index (χ4v) is 2.16. The van der Waals surface area contributed by atoms with E-state index in [9.17, 15) is 14.4 Å². The summed E-state index contributed by atoms with van der Waals surface area (Å²) in [5.41, 5.74) is 0.999. The van der Waals surface area contributed by atoms with Crippen molar-refractivity contribution in [3.05, 3.63) is 29.8 Å². The van der Waals surface area contributed by atoms with Crippen molar-refractivity contribution in [3.63, 3.8) is 0 Å². The SMILES string of the molecule is COC(=O)CCNC(=O)c1ccccc1N(C)C(=O)C1CC1. The lowest BCUT2D eigenvalue weighted by Crippen LogP contribution is -2.32. The average Bonchev–Trinajstić information content (AvgIpc) is 3.38. The van der Waals surface area contributed by atoms with Gasteiger partial charge >= 0.3 is 5.97 Å². The molecule has 22 heavy (non-hydrogen) atoms. The van der Waals surface area contributed by atoms with Gasteiger partial charge in [0.05, 0.1) is 24.8 Å². The lowest BCUT2D eigenvalue weighted by Gasteiger charge is -2.20. The van der Waals surface area contributed by atoms with Gasteiger partial charge in [0.1, 0.15) is 0 Å². The van der Waals surface area contributed by atoms with Gasteiger partial charge in [-0.2, -0.15) is 0 Å². The number of anilines is 1. The van der Waals surface area contributed by atoms with Gasteiger partial charge in [-0.1, -0.05) is 12.1 Å². The lowest BCUT2D eigenvalue weighted by molar-refractivity contribution is -0.140. The Morgan fingerprint density at radius 3 is 2.59 bits per heavy atom. The second-order valence-electron chi connectivity index (χ2n) is 5.27. The van der Waals surface area contributed by atoms with Crippen LogP contribution in [0.5, 0.6) is 0 Å². The second kappa shape index (κ2) is 7.06. The van der Waals surface area contributed by atoms with E-state index in [0.717, 1.165) is 12.8 Å². The summed E-state index contributed by atoms with van der Waals surface area (Å²) < 4.78 is 4.52. The van der Waals surface area contributed by atoms with Gasteiger partial charge in [0, 0.05) is 19.5 Å². The van der Waals surface area contributed by atoms with Gasteiger partial charge in [0.25, 0.3) is 5.91 Å². The molecule has 0 unspecified atom stereocenters. The minimum atomic E-state index is -0.380. The number of carbonyl (C=O) groups excluding carboxylic acids is 3. The molecule has 0 heterocycles. The van der Waals surface area contributed by atoms with E-state index in [2.05, 4.69) is 10.1 Å². The van der Waals surface area contributed by atoms with E-state index in [1.165, 1.54) is 12.0 Å². The van der Waals surface area contributed by atoms with Crippen LogP contribution in [0.3, 0.4) is 0 Å². The highest BCUT2D eigenvalue weighted by Gasteiger charge is 2.33. The van der Waals surface area contributed by atoms with Crippen LogP contribution in [0.2, 0.25) is 0 Å². The van der Waals surface area contributed by atoms with Gasteiger partial charge in [-0.3, -0.25) is 14.4 Å². The van der Waals surface area contributed by atoms with Gasteiger partial charge in [-0.05, 0) is 25.0 Å². The Balaban J connectivity index is 2.05. The average molecular weight is 304 g/mol. The molecule has 0 bridgehead atoms. The van der Waals surface area contributed by atoms with Crippen molar-refractivity contribution < 1.29 is 19.1 Å². The first-order chi connectivity index (χ1) is 10.5. The predicted octanol–water partition coefficient (Wildman–Crippen LogP) is 1.35. The van der Waals surface area contributed by atoms with E-state index in [-0.39, 0.29) is 36.7 Å². The Labute approximate surface area is 129 Å². The number of carbonyl (C=O) groups is 3. The number of hydrogen-bond donors (Lipinski definition) is 1. The van der Waals surface area contributed by atoms with Gasteiger partial charge in [-0.25, -0.2) is 0 Å². The monoisotopic (exact) mass is 304 g/mol. The Hall–Kier alpha value is -2.37. The Bertz CT molecular complexity index is 581. The minimum absolute atomic E-state index is 0.0369. The lowest BCUT2D eigenvalue weighted by atomic mass is 10.1. The van der Waals surface area contributed by atoms with Crippen LogP contribution < -0.4 is 10.2 Å². The van der Waals surface area contributed by atoms with E-state index in [1.54, 1.807) is 31.3 Å². The molecule has 0 saturated heterocycles. The number of nitrogens with zero attached hydrogens (tertiary/aromatic N) is 1. The fourth-order valence-electron chi connectivity index (χ4n) is 2.16. The van der Waals surface area contributed by atoms with E-state index >= 15 is 0 Å². The molecule has 6 heteroatoms. The predicted molar refractivity (Wildman–Crippen MR) is 81.5 cm³/mol. The number of para-hydroxylation sites is 1. The summed E-state index contributed by atoms with van der Waals surface area (Å²) >= 11 is 0. The molecule has 0 aromatic heterocycles. The number of amides is 2. The summed E-state index contributed by atoms with van der Waals surface area (Å²) in [7, 11) is 2.99. The highest BCUT2D eigenvalue weighted by Crippen LogP contribution is 2.33. The molecule has 0 atom stereocenters. The molecule has 2 amide bonds. The molecule has 1 aromatic carbocycles. The Morgan fingerprint density at radius 1 is 1.27 bits per heavy atom. The summed E-state index contributed by atoms with van der Waals surface area (Å²) in [5, 5.41) is 2.67. The first-order valence-electron chi connectivity index (χ1n) is 7.26. The van der Waals surface area contributed by atoms with Crippen LogP contribution in [-0.4, -0.2) is 38.5 Å². The molecule has 1 saturated carbocycles. The molecular formula is C16H20N2O4. The van der Waals surface area contributed by atoms with E-state index in [0.29, 0.717) is 11.3 Å². The van der Waals surface area contributed by atoms with Crippen LogP contribution in [0.15, 0.2) is 24.3 Å². The maximum atomic E-state index is 12.2. The fraction of sp³-hybridized carbons (Fsp3) is 0.438. The molecule has 1 N–H and O–H groups in total. The number of esters is 1. The highest BCUT2D eigenvalue weighted by molar-refractivity contribution is 6.05. The van der Waals surface area contributed by atoms with E-state index in [1.807, 2.05) is 0 Å². The maximum Gasteiger partial charge on any atom is 0.307 e. The van der Waals surface area contributed by atoms with Crippen molar-refractivity contribution in [3.8, 4) is 0 Å². The van der Waals surface area contributed by atoms with E-state index in [4.69, 9.17) is 0 Å². The van der Waals surface area contributed by atoms with Crippen molar-refractivity contribution in [2.24, 2.45) is 5.92 Å². The van der Waals surface area contributed by atoms with Gasteiger partial charge in [0.15, 0.2) is 0 Å². The normalized spacial score (nSPS) is 13.4. The van der Waals surface area contributed by atoms with Crippen molar-refractivity contribution in [1.82, 2.24) is 5.32 Å². The quantitative estimate of drug-likeness (QED) is 0.805. The third kappa shape index (κ3) is 3.84. The maximum absolute atomic E-state index is 12.2. The molecule has 6 nitrogen and oxygen atoms in total. The number of benzene rings is 1. The van der Waals surface area contributed by atoms with Crippen LogP contribution >= 0.6 is 0 Å². The van der Waals surface area contributed by atoms with Crippen molar-refractivity contribution >= 4 is 23.5 Å². The van der Waals surface area contributed by atoms with Gasteiger partial charge in [-0.15, -0.1) is 0 Å². The molecule has 1 aliphatic rings. The van der Waals surface area contributed by atoms with Crippen molar-refractivity contribution in [2.45, 2.75) is 19.3 Å². The summed E-state index contributed by atoms with van der Waals surface area (Å²) in [6.45, 7) is 0.195. The summed E-state index contributed by atoms with van der Waals surface area (Å²) in [6, 6.07) is 6.94. The van der Waals surface area contributed by atoms with Crippen LogP contribution in [0.1, 0.15) is 29.6 Å². The van der Waals surface area contributed by atoms with Gasteiger partial charge in [0.2, 0.25) is 5.91 Å². The minimum Gasteiger partial charge on any atom is -0.469 e. The first kappa shape index (κ1) is 16.0. The molecule has 0 spiro atoms. The van der Waals surface area contributed by atoms with Crippen LogP contribution in [0.25, 0.3) is 0 Å². The zero-order chi connectivity index (χ0) is 16.1. The zero-order valence-corrected chi connectivity index (χ0v) is 12.8. The number of rotatable bonds is 6. The molecule has 1 fully saturated rings. The third-order valence-electron chi connectivity index (χ3n) is 3.61. The molecule has 1 aromatic rings. The van der Waals surface area contributed by atoms with Crippen LogP contribution in [-0.2, 0) is 14.3 Å². The van der Waals surface area contributed by atoms with Crippen molar-refractivity contribution in [1.29, 1.82) is 0 Å². The summed E-state index contributed by atoms with van der Waals surface area (Å²) in [4.78, 5) is 37.0. The van der Waals surface area contributed by atoms with Crippen molar-refractivity contribution in [2.75, 3.05) is 25.6 Å². The molecule has 118 valence electrons. The Morgan fingerprint density at radius 2 is 1.95 bits per heavy atom. The van der Waals surface area contributed by atoms with Crippen LogP contribution in [0.4, 0.5) is 5.69 Å². The molecule has 0 aliphatic heterocycles. The largest absolute Gasteiger partial charge is 0.469 e. The highest BCUT2D eigenvalue weighted by atomic mass is 16.5. The Kier molecular flexibility index (Phi) is 5.14. The van der Waals surface area contributed by atoms with E-state index < -0.39 is 0 Å². The third-order valence-corrected chi connectivity index (χ3v) is 3.61. The number of hydrogen-bond acceptors (Lipinski definition) is 4. The van der Waals surface area contributed by atoms with Gasteiger partial charge < -0.3 is 15.0 Å². The molecule has 1 aliphatic carbocycles. The smallest absolute Gasteiger partial charge is 0.307 e. The topological polar surface area (TPSA) is 75.7 Å². The standard InChI is InChI=1S/C16H20N2O4/c1-18(16(21)11-7-8-11)13-6-4-3-5-12(13)15(20)17-10-9-14(19)22-2/h3-6,11H,7-10H2,1-2H3,(H,17,20). The molecular weight excluding hydrogens is 284 g/mol. The second-order valence-corrected chi connectivity index (χ2v) is 5.27. The summed E-state index contributed by atoms with van der Waals surface area (Å²) in [6.07, 6.45) is 1.94. The number of nitrogens with one attached hydrogen (secondary N) is 1. The molecule has 0 radical (unpaired) electrons. The number of methoxy groups -OCH3 is 1. The zero-order valence-electron chi connectivity index (χ0n) is 12.8.